The molecule has 24 heavy (non-hydrogen) atoms. The molecule has 0 atom stereocenters. The first kappa shape index (κ1) is 19.6. The summed E-state index contributed by atoms with van der Waals surface area (Å²) in [5.74, 6) is -0.339. The summed E-state index contributed by atoms with van der Waals surface area (Å²) in [6.45, 7) is 5.20. The summed E-state index contributed by atoms with van der Waals surface area (Å²) in [4.78, 5) is 15.5. The number of nitrogens with one attached hydrogen (secondary N) is 1. The van der Waals surface area contributed by atoms with E-state index in [-0.39, 0.29) is 11.6 Å². The second-order valence-electron chi connectivity index (χ2n) is 5.51. The van der Waals surface area contributed by atoms with Gasteiger partial charge in [-0.05, 0) is 23.6 Å². The van der Waals surface area contributed by atoms with Gasteiger partial charge in [0.2, 0.25) is 0 Å². The van der Waals surface area contributed by atoms with E-state index in [9.17, 15) is 13.2 Å². The van der Waals surface area contributed by atoms with Crippen molar-refractivity contribution in [1.29, 1.82) is 0 Å². The van der Waals surface area contributed by atoms with E-state index in [0.29, 0.717) is 22.6 Å². The highest BCUT2D eigenvalue weighted by Gasteiger charge is 2.17. The Hall–Kier alpha value is -2.46. The molecule has 0 saturated heterocycles. The zero-order valence-corrected chi connectivity index (χ0v) is 15.0. The fraction of sp³-hybridized carbons (Fsp3) is 0.357. The van der Waals surface area contributed by atoms with E-state index in [1.807, 2.05) is 0 Å². The Bertz CT molecular complexity index is 755. The maximum Gasteiger partial charge on any atom is 0.396 e. The molecule has 2 N–H and O–H groups in total. The van der Waals surface area contributed by atoms with Crippen LogP contribution in [-0.4, -0.2) is 47.1 Å². The highest BCUT2D eigenvalue weighted by molar-refractivity contribution is 7.84. The van der Waals surface area contributed by atoms with Gasteiger partial charge in [0.05, 0.1) is 22.7 Å². The standard InChI is InChI=1S/C14H21N5O4S/c1-9(2)14(20)15-13-11(18(3)4)7-10(8-12(13)19(5)6)16-17-24(21,22)23/h7-8H,1H2,2-6H3,(H,15,20)(H,21,22,23)/b17-16+. The minimum absolute atomic E-state index is 0.202. The molecule has 0 heterocycles. The zero-order valence-electron chi connectivity index (χ0n) is 14.2. The Labute approximate surface area is 141 Å². The highest BCUT2D eigenvalue weighted by atomic mass is 32.2. The number of hydrogen-bond acceptors (Lipinski definition) is 6. The molecule has 0 aliphatic rings. The van der Waals surface area contributed by atoms with Crippen molar-refractivity contribution in [2.75, 3.05) is 43.3 Å². The molecule has 0 aliphatic carbocycles. The van der Waals surface area contributed by atoms with Crippen LogP contribution in [0.2, 0.25) is 0 Å². The minimum atomic E-state index is -4.58. The van der Waals surface area contributed by atoms with Gasteiger partial charge in [-0.3, -0.25) is 9.35 Å². The summed E-state index contributed by atoms with van der Waals surface area (Å²) in [5.41, 5.74) is 2.23. The van der Waals surface area contributed by atoms with Gasteiger partial charge >= 0.3 is 10.3 Å². The Morgan fingerprint density at radius 3 is 1.96 bits per heavy atom. The van der Waals surface area contributed by atoms with Gasteiger partial charge < -0.3 is 15.1 Å². The van der Waals surface area contributed by atoms with Crippen LogP contribution < -0.4 is 15.1 Å². The predicted octanol–water partition coefficient (Wildman–Crippen LogP) is 2.22. The fourth-order valence-corrected chi connectivity index (χ4v) is 2.01. The van der Waals surface area contributed by atoms with Crippen LogP contribution in [0.5, 0.6) is 0 Å². The monoisotopic (exact) mass is 355 g/mol. The van der Waals surface area contributed by atoms with E-state index < -0.39 is 10.3 Å². The van der Waals surface area contributed by atoms with E-state index in [4.69, 9.17) is 4.55 Å². The molecule has 132 valence electrons. The summed E-state index contributed by atoms with van der Waals surface area (Å²) in [7, 11) is 2.46. The van der Waals surface area contributed by atoms with Gasteiger partial charge in [0, 0.05) is 33.8 Å². The van der Waals surface area contributed by atoms with Gasteiger partial charge in [0.15, 0.2) is 0 Å². The predicted molar refractivity (Wildman–Crippen MR) is 94.6 cm³/mol. The third-order valence-electron chi connectivity index (χ3n) is 2.93. The van der Waals surface area contributed by atoms with E-state index in [2.05, 4.69) is 21.5 Å². The van der Waals surface area contributed by atoms with Crippen LogP contribution >= 0.6 is 0 Å². The molecule has 1 amide bonds. The second kappa shape index (κ2) is 7.41. The first-order chi connectivity index (χ1) is 10.9. The summed E-state index contributed by atoms with van der Waals surface area (Å²) < 4.78 is 33.0. The SMILES string of the molecule is C=C(C)C(=O)Nc1c(N(C)C)cc(/N=N/S(=O)(=O)O)cc1N(C)C. The largest absolute Gasteiger partial charge is 0.396 e. The van der Waals surface area contributed by atoms with Crippen LogP contribution in [0.15, 0.2) is 33.9 Å². The van der Waals surface area contributed by atoms with Crippen LogP contribution in [0.4, 0.5) is 22.7 Å². The van der Waals surface area contributed by atoms with Crippen molar-refractivity contribution >= 4 is 39.0 Å². The molecule has 1 rings (SSSR count). The van der Waals surface area contributed by atoms with Crippen LogP contribution in [0.25, 0.3) is 0 Å². The van der Waals surface area contributed by atoms with Crippen molar-refractivity contribution in [3.05, 3.63) is 24.3 Å². The Balaban J connectivity index is 3.54. The molecule has 0 saturated carbocycles. The molecule has 1 aromatic rings. The van der Waals surface area contributed by atoms with E-state index in [1.54, 1.807) is 44.9 Å². The maximum atomic E-state index is 12.0. The topological polar surface area (TPSA) is 115 Å². The average molecular weight is 355 g/mol. The lowest BCUT2D eigenvalue weighted by atomic mass is 10.1. The van der Waals surface area contributed by atoms with Crippen LogP contribution in [0.1, 0.15) is 6.92 Å². The lowest BCUT2D eigenvalue weighted by Crippen LogP contribution is -2.20. The molecule has 0 spiro atoms. The van der Waals surface area contributed by atoms with Crippen LogP contribution in [0, 0.1) is 0 Å². The van der Waals surface area contributed by atoms with Crippen molar-refractivity contribution in [2.24, 2.45) is 9.63 Å². The van der Waals surface area contributed by atoms with E-state index in [0.717, 1.165) is 0 Å². The fourth-order valence-electron chi connectivity index (χ4n) is 1.81. The van der Waals surface area contributed by atoms with Crippen molar-refractivity contribution in [1.82, 2.24) is 0 Å². The van der Waals surface area contributed by atoms with Gasteiger partial charge in [-0.2, -0.15) is 8.42 Å². The quantitative estimate of drug-likeness (QED) is 0.459. The van der Waals surface area contributed by atoms with Crippen molar-refractivity contribution in [2.45, 2.75) is 6.92 Å². The zero-order chi connectivity index (χ0) is 18.7. The molecule has 0 bridgehead atoms. The molecule has 0 aromatic heterocycles. The molecule has 0 fully saturated rings. The van der Waals surface area contributed by atoms with E-state index in [1.165, 1.54) is 12.1 Å². The van der Waals surface area contributed by atoms with Gasteiger partial charge in [0.1, 0.15) is 0 Å². The molecule has 0 radical (unpaired) electrons. The Morgan fingerprint density at radius 2 is 1.62 bits per heavy atom. The molecule has 0 unspecified atom stereocenters. The number of anilines is 3. The van der Waals surface area contributed by atoms with Gasteiger partial charge in [0.25, 0.3) is 5.91 Å². The van der Waals surface area contributed by atoms with Gasteiger partial charge in [-0.15, -0.1) is 5.11 Å². The molecular formula is C14H21N5O4S. The highest BCUT2D eigenvalue weighted by Crippen LogP contribution is 2.39. The third kappa shape index (κ3) is 5.32. The number of carbonyl (C=O) groups is 1. The summed E-state index contributed by atoms with van der Waals surface area (Å²) in [6.07, 6.45) is 0. The molecule has 9 nitrogen and oxygen atoms in total. The second-order valence-corrected chi connectivity index (χ2v) is 6.57. The summed E-state index contributed by atoms with van der Waals surface area (Å²) in [5, 5.41) is 6.30. The number of amides is 1. The van der Waals surface area contributed by atoms with Crippen molar-refractivity contribution < 1.29 is 17.8 Å². The molecule has 10 heteroatoms. The van der Waals surface area contributed by atoms with Crippen LogP contribution in [-0.2, 0) is 15.1 Å². The number of nitrogens with zero attached hydrogens (tertiary/aromatic N) is 4. The number of carbonyl (C=O) groups excluding carboxylic acids is 1. The first-order valence-corrected chi connectivity index (χ1v) is 8.22. The van der Waals surface area contributed by atoms with Gasteiger partial charge in [-0.25, -0.2) is 0 Å². The van der Waals surface area contributed by atoms with Gasteiger partial charge in [-0.1, -0.05) is 6.58 Å². The average Bonchev–Trinajstić information content (AvgIpc) is 2.44. The summed E-state index contributed by atoms with van der Waals surface area (Å²) in [6, 6.07) is 3.07. The van der Waals surface area contributed by atoms with E-state index >= 15 is 0 Å². The summed E-state index contributed by atoms with van der Waals surface area (Å²) >= 11 is 0. The molecule has 1 aromatic carbocycles. The molecular weight excluding hydrogens is 334 g/mol. The maximum absolute atomic E-state index is 12.0. The Kier molecular flexibility index (Phi) is 6.04. The minimum Gasteiger partial charge on any atom is -0.376 e. The third-order valence-corrected chi connectivity index (χ3v) is 3.22. The number of hydrogen-bond donors (Lipinski definition) is 2. The van der Waals surface area contributed by atoms with Crippen LogP contribution in [0.3, 0.4) is 0 Å². The lowest BCUT2D eigenvalue weighted by Gasteiger charge is -2.25. The van der Waals surface area contributed by atoms with Crippen molar-refractivity contribution in [3.63, 3.8) is 0 Å². The first-order valence-electron chi connectivity index (χ1n) is 6.82. The number of rotatable bonds is 6. The lowest BCUT2D eigenvalue weighted by molar-refractivity contribution is -0.112. The Morgan fingerprint density at radius 1 is 1.17 bits per heavy atom. The smallest absolute Gasteiger partial charge is 0.376 e. The molecule has 0 aliphatic heterocycles. The number of benzene rings is 1. The normalized spacial score (nSPS) is 11.4. The van der Waals surface area contributed by atoms with Crippen molar-refractivity contribution in [3.8, 4) is 0 Å².